The first-order valence-corrected chi connectivity index (χ1v) is 8.98. The van der Waals surface area contributed by atoms with Gasteiger partial charge in [0.15, 0.2) is 0 Å². The quantitative estimate of drug-likeness (QED) is 0.891. The Hall–Kier alpha value is -0.540. The van der Waals surface area contributed by atoms with Crippen LogP contribution < -0.4 is 0 Å². The summed E-state index contributed by atoms with van der Waals surface area (Å²) in [6.07, 6.45) is 12.5. The molecule has 1 aromatic rings. The smallest absolute Gasteiger partial charge is 0.111 e. The van der Waals surface area contributed by atoms with Crippen molar-refractivity contribution in [2.75, 3.05) is 0 Å². The summed E-state index contributed by atoms with van der Waals surface area (Å²) < 4.78 is 1.91. The van der Waals surface area contributed by atoms with Gasteiger partial charge in [-0.25, -0.2) is 0 Å². The molecule has 1 N–H and O–H groups in total. The molecule has 3 rings (SSSR count). The predicted octanol–water partition coefficient (Wildman–Crippen LogP) is 4.51. The van der Waals surface area contributed by atoms with Gasteiger partial charge in [0.1, 0.15) is 5.60 Å². The Morgan fingerprint density at radius 3 is 2.67 bits per heavy atom. The van der Waals surface area contributed by atoms with Crippen LogP contribution in [0.2, 0.25) is 5.02 Å². The number of aliphatic hydroxyl groups is 1. The van der Waals surface area contributed by atoms with E-state index in [0.717, 1.165) is 31.5 Å². The second kappa shape index (κ2) is 6.29. The van der Waals surface area contributed by atoms with E-state index in [-0.39, 0.29) is 0 Å². The van der Waals surface area contributed by atoms with Crippen LogP contribution in [0.4, 0.5) is 0 Å². The zero-order valence-electron chi connectivity index (χ0n) is 13.0. The van der Waals surface area contributed by atoms with E-state index in [1.54, 1.807) is 6.20 Å². The summed E-state index contributed by atoms with van der Waals surface area (Å²) in [4.78, 5) is 0. The van der Waals surface area contributed by atoms with Gasteiger partial charge in [-0.15, -0.1) is 0 Å². The molecule has 0 saturated heterocycles. The standard InChI is InChI=1S/C17H27ClN2O/c1-2-20-16(15(18)12-19-20)17(21)11-7-6-10-14(17)13-8-4-3-5-9-13/h12-14,21H,2-11H2,1H3. The van der Waals surface area contributed by atoms with E-state index in [1.165, 1.54) is 38.5 Å². The molecule has 2 saturated carbocycles. The highest BCUT2D eigenvalue weighted by atomic mass is 35.5. The second-order valence-electron chi connectivity index (χ2n) is 6.83. The summed E-state index contributed by atoms with van der Waals surface area (Å²) in [7, 11) is 0. The Balaban J connectivity index is 1.96. The van der Waals surface area contributed by atoms with Gasteiger partial charge in [0.25, 0.3) is 0 Å². The van der Waals surface area contributed by atoms with E-state index in [4.69, 9.17) is 11.6 Å². The summed E-state index contributed by atoms with van der Waals surface area (Å²) in [5, 5.41) is 16.6. The van der Waals surface area contributed by atoms with E-state index < -0.39 is 5.60 Å². The Bertz CT molecular complexity index is 481. The maximum Gasteiger partial charge on any atom is 0.111 e. The number of rotatable bonds is 3. The average Bonchev–Trinajstić information content (AvgIpc) is 2.90. The summed E-state index contributed by atoms with van der Waals surface area (Å²) in [6, 6.07) is 0. The molecule has 1 aromatic heterocycles. The number of hydrogen-bond donors (Lipinski definition) is 1. The van der Waals surface area contributed by atoms with Gasteiger partial charge in [-0.1, -0.05) is 56.5 Å². The first kappa shape index (κ1) is 15.4. The number of aromatic nitrogens is 2. The molecule has 1 heterocycles. The Morgan fingerprint density at radius 1 is 1.24 bits per heavy atom. The summed E-state index contributed by atoms with van der Waals surface area (Å²) in [5.74, 6) is 1.01. The van der Waals surface area contributed by atoms with Crippen LogP contribution in [0.25, 0.3) is 0 Å². The molecule has 0 radical (unpaired) electrons. The zero-order chi connectivity index (χ0) is 14.9. The minimum atomic E-state index is -0.774. The number of halogens is 1. The van der Waals surface area contributed by atoms with Crippen molar-refractivity contribution in [3.63, 3.8) is 0 Å². The van der Waals surface area contributed by atoms with E-state index in [0.29, 0.717) is 16.9 Å². The molecule has 118 valence electrons. The van der Waals surface area contributed by atoms with E-state index >= 15 is 0 Å². The predicted molar refractivity (Wildman–Crippen MR) is 85.3 cm³/mol. The monoisotopic (exact) mass is 310 g/mol. The molecule has 2 aliphatic carbocycles. The molecule has 0 amide bonds. The SMILES string of the molecule is CCn1ncc(Cl)c1C1(O)CCCCC1C1CCCCC1. The first-order chi connectivity index (χ1) is 10.2. The van der Waals surface area contributed by atoms with Crippen molar-refractivity contribution in [2.24, 2.45) is 11.8 Å². The van der Waals surface area contributed by atoms with Gasteiger partial charge in [0, 0.05) is 6.54 Å². The average molecular weight is 311 g/mol. The summed E-state index contributed by atoms with van der Waals surface area (Å²) in [5.41, 5.74) is 0.103. The fourth-order valence-corrected chi connectivity index (χ4v) is 4.98. The molecular weight excluding hydrogens is 284 g/mol. The van der Waals surface area contributed by atoms with Crippen molar-refractivity contribution in [2.45, 2.75) is 76.9 Å². The molecule has 0 spiro atoms. The summed E-state index contributed by atoms with van der Waals surface area (Å²) in [6.45, 7) is 2.83. The van der Waals surface area contributed by atoms with Crippen molar-refractivity contribution >= 4 is 11.6 Å². The fraction of sp³-hybridized carbons (Fsp3) is 0.824. The van der Waals surface area contributed by atoms with Crippen molar-refractivity contribution in [3.05, 3.63) is 16.9 Å². The zero-order valence-corrected chi connectivity index (χ0v) is 13.8. The molecule has 0 aromatic carbocycles. The highest BCUT2D eigenvalue weighted by molar-refractivity contribution is 6.31. The van der Waals surface area contributed by atoms with Crippen molar-refractivity contribution in [1.29, 1.82) is 0 Å². The van der Waals surface area contributed by atoms with E-state index in [2.05, 4.69) is 12.0 Å². The second-order valence-corrected chi connectivity index (χ2v) is 7.24. The van der Waals surface area contributed by atoms with Crippen LogP contribution in [-0.2, 0) is 12.1 Å². The van der Waals surface area contributed by atoms with Gasteiger partial charge in [0.2, 0.25) is 0 Å². The lowest BCUT2D eigenvalue weighted by Crippen LogP contribution is -2.44. The van der Waals surface area contributed by atoms with Gasteiger partial charge in [-0.05, 0) is 31.6 Å². The maximum atomic E-state index is 11.6. The molecule has 3 nitrogen and oxygen atoms in total. The highest BCUT2D eigenvalue weighted by Gasteiger charge is 2.47. The molecule has 2 unspecified atom stereocenters. The Kier molecular flexibility index (Phi) is 4.60. The lowest BCUT2D eigenvalue weighted by molar-refractivity contribution is -0.0892. The third-order valence-corrected chi connectivity index (χ3v) is 5.94. The largest absolute Gasteiger partial charge is 0.383 e. The van der Waals surface area contributed by atoms with Crippen LogP contribution in [-0.4, -0.2) is 14.9 Å². The van der Waals surface area contributed by atoms with Gasteiger partial charge in [-0.3, -0.25) is 4.68 Å². The molecule has 4 heteroatoms. The lowest BCUT2D eigenvalue weighted by Gasteiger charge is -2.45. The fourth-order valence-electron chi connectivity index (χ4n) is 4.67. The third-order valence-electron chi connectivity index (χ3n) is 5.66. The van der Waals surface area contributed by atoms with Gasteiger partial charge in [-0.2, -0.15) is 5.10 Å². The minimum absolute atomic E-state index is 0.353. The lowest BCUT2D eigenvalue weighted by atomic mass is 9.64. The Labute approximate surface area is 132 Å². The van der Waals surface area contributed by atoms with Crippen LogP contribution in [0.15, 0.2) is 6.20 Å². The molecule has 0 bridgehead atoms. The van der Waals surface area contributed by atoms with Crippen molar-refractivity contribution in [1.82, 2.24) is 9.78 Å². The van der Waals surface area contributed by atoms with Crippen LogP contribution in [0.3, 0.4) is 0 Å². The minimum Gasteiger partial charge on any atom is -0.383 e. The third kappa shape index (κ3) is 2.75. The molecule has 2 fully saturated rings. The maximum absolute atomic E-state index is 11.6. The van der Waals surface area contributed by atoms with Crippen LogP contribution in [0.5, 0.6) is 0 Å². The van der Waals surface area contributed by atoms with Gasteiger partial charge >= 0.3 is 0 Å². The topological polar surface area (TPSA) is 38.0 Å². The molecular formula is C17H27ClN2O. The molecule has 2 aliphatic rings. The van der Waals surface area contributed by atoms with Crippen molar-refractivity contribution < 1.29 is 5.11 Å². The Morgan fingerprint density at radius 2 is 1.95 bits per heavy atom. The van der Waals surface area contributed by atoms with Crippen LogP contribution in [0.1, 0.15) is 70.4 Å². The number of hydrogen-bond acceptors (Lipinski definition) is 2. The van der Waals surface area contributed by atoms with Crippen molar-refractivity contribution in [3.8, 4) is 0 Å². The van der Waals surface area contributed by atoms with Crippen LogP contribution in [0, 0.1) is 11.8 Å². The van der Waals surface area contributed by atoms with E-state index in [1.807, 2.05) is 4.68 Å². The van der Waals surface area contributed by atoms with E-state index in [9.17, 15) is 5.11 Å². The number of nitrogens with zero attached hydrogens (tertiary/aromatic N) is 2. The van der Waals surface area contributed by atoms with Gasteiger partial charge in [0.05, 0.1) is 16.9 Å². The molecule has 2 atom stereocenters. The number of aryl methyl sites for hydroxylation is 1. The highest BCUT2D eigenvalue weighted by Crippen LogP contribution is 2.50. The summed E-state index contributed by atoms with van der Waals surface area (Å²) >= 11 is 6.41. The first-order valence-electron chi connectivity index (χ1n) is 8.61. The van der Waals surface area contributed by atoms with Gasteiger partial charge < -0.3 is 5.11 Å². The van der Waals surface area contributed by atoms with Crippen LogP contribution >= 0.6 is 11.6 Å². The molecule has 0 aliphatic heterocycles. The molecule has 21 heavy (non-hydrogen) atoms. The normalized spacial score (nSPS) is 31.5.